The Hall–Kier alpha value is -2.72. The second-order valence-electron chi connectivity index (χ2n) is 7.25. The Morgan fingerprint density at radius 1 is 1.22 bits per heavy atom. The van der Waals surface area contributed by atoms with E-state index in [4.69, 9.17) is 5.73 Å². The van der Waals surface area contributed by atoms with Gasteiger partial charge in [0.25, 0.3) is 0 Å². The number of aromatic nitrogens is 2. The van der Waals surface area contributed by atoms with Crippen LogP contribution in [0.3, 0.4) is 0 Å². The fourth-order valence-corrected chi connectivity index (χ4v) is 5.84. The van der Waals surface area contributed by atoms with E-state index in [0.717, 1.165) is 27.6 Å². The van der Waals surface area contributed by atoms with Gasteiger partial charge in [0.15, 0.2) is 10.1 Å². The van der Waals surface area contributed by atoms with E-state index >= 15 is 0 Å². The van der Waals surface area contributed by atoms with E-state index in [1.165, 1.54) is 35.2 Å². The fourth-order valence-electron chi connectivity index (χ4n) is 3.38. The molecule has 3 rings (SSSR count). The maximum absolute atomic E-state index is 13.2. The Labute approximate surface area is 192 Å². The van der Waals surface area contributed by atoms with Gasteiger partial charge in [-0.15, -0.1) is 11.3 Å². The molecule has 32 heavy (non-hydrogen) atoms. The number of carbonyl (C=O) groups is 2. The van der Waals surface area contributed by atoms with Crippen molar-refractivity contribution >= 4 is 34.8 Å². The number of ether oxygens (including phenoxy) is 1. The van der Waals surface area contributed by atoms with E-state index in [1.807, 2.05) is 38.3 Å². The van der Waals surface area contributed by atoms with Crippen LogP contribution < -0.4 is 10.5 Å². The zero-order valence-corrected chi connectivity index (χ0v) is 19.7. The molecule has 2 heterocycles. The first-order chi connectivity index (χ1) is 15.1. The lowest BCUT2D eigenvalue weighted by Crippen LogP contribution is -2.14. The molecule has 1 atom stereocenters. The van der Waals surface area contributed by atoms with Crippen molar-refractivity contribution in [2.45, 2.75) is 50.3 Å². The van der Waals surface area contributed by atoms with Crippen LogP contribution in [0.1, 0.15) is 39.2 Å². The number of ketones is 1. The second kappa shape index (κ2) is 9.83. The summed E-state index contributed by atoms with van der Waals surface area (Å²) in [7, 11) is 0. The number of thioether (sulfide) groups is 1. The van der Waals surface area contributed by atoms with Gasteiger partial charge in [-0.1, -0.05) is 11.8 Å². The lowest BCUT2D eigenvalue weighted by molar-refractivity contribution is -0.117. The highest BCUT2D eigenvalue weighted by molar-refractivity contribution is 8.02. The Bertz CT molecular complexity index is 1140. The number of carbonyl (C=O) groups excluding carboxylic acids is 2. The molecule has 0 bridgehead atoms. The number of hydrogen-bond acceptors (Lipinski definition) is 6. The average Bonchev–Trinajstić information content (AvgIpc) is 3.19. The maximum Gasteiger partial charge on any atom is 0.387 e. The standard InChI is InChI=1S/C22H23F2N3O3S2/c1-11-9-17(13(3)27(11)15-5-7-16(8-6-15)30-21(23)24)20(29)14(4)31-22-26-12(2)18(32-22)10-19(25)28/h5-9,14,21H,10H2,1-4H3,(H2,25,28)/t14-/m1/s1. The van der Waals surface area contributed by atoms with Crippen LogP contribution in [-0.4, -0.2) is 33.1 Å². The average molecular weight is 480 g/mol. The summed E-state index contributed by atoms with van der Waals surface area (Å²) < 4.78 is 31.8. The van der Waals surface area contributed by atoms with E-state index < -0.39 is 17.8 Å². The number of thiazole rings is 1. The van der Waals surface area contributed by atoms with E-state index in [1.54, 1.807) is 12.1 Å². The number of hydrogen-bond donors (Lipinski definition) is 1. The van der Waals surface area contributed by atoms with Gasteiger partial charge in [0.2, 0.25) is 5.91 Å². The molecule has 0 fully saturated rings. The molecule has 1 aromatic carbocycles. The van der Waals surface area contributed by atoms with Crippen molar-refractivity contribution in [2.24, 2.45) is 5.73 Å². The van der Waals surface area contributed by atoms with Crippen LogP contribution in [-0.2, 0) is 11.2 Å². The second-order valence-corrected chi connectivity index (χ2v) is 9.92. The summed E-state index contributed by atoms with van der Waals surface area (Å²) in [6.45, 7) is 4.48. The maximum atomic E-state index is 13.2. The Kier molecular flexibility index (Phi) is 7.35. The Morgan fingerprint density at radius 2 is 1.88 bits per heavy atom. The highest BCUT2D eigenvalue weighted by Gasteiger charge is 2.24. The van der Waals surface area contributed by atoms with E-state index in [0.29, 0.717) is 9.90 Å². The summed E-state index contributed by atoms with van der Waals surface area (Å²) in [5.74, 6) is -0.392. The molecule has 10 heteroatoms. The minimum absolute atomic E-state index is 0.0451. The van der Waals surface area contributed by atoms with Crippen molar-refractivity contribution in [3.63, 3.8) is 0 Å². The minimum atomic E-state index is -2.88. The van der Waals surface area contributed by atoms with E-state index in [2.05, 4.69) is 9.72 Å². The van der Waals surface area contributed by atoms with Gasteiger partial charge < -0.3 is 15.0 Å². The number of rotatable bonds is 9. The molecule has 3 aromatic rings. The zero-order chi connectivity index (χ0) is 23.6. The summed E-state index contributed by atoms with van der Waals surface area (Å²) in [6.07, 6.45) is 0.134. The largest absolute Gasteiger partial charge is 0.435 e. The van der Waals surface area contributed by atoms with Crippen LogP contribution in [0, 0.1) is 20.8 Å². The van der Waals surface area contributed by atoms with Gasteiger partial charge in [0.05, 0.1) is 17.4 Å². The van der Waals surface area contributed by atoms with Crippen LogP contribution in [0.2, 0.25) is 0 Å². The van der Waals surface area contributed by atoms with Crippen LogP contribution in [0.15, 0.2) is 34.7 Å². The van der Waals surface area contributed by atoms with Crippen molar-refractivity contribution < 1.29 is 23.1 Å². The molecule has 0 saturated heterocycles. The summed E-state index contributed by atoms with van der Waals surface area (Å²) in [4.78, 5) is 29.6. The van der Waals surface area contributed by atoms with Gasteiger partial charge >= 0.3 is 6.61 Å². The highest BCUT2D eigenvalue weighted by Crippen LogP contribution is 2.33. The molecule has 0 aliphatic heterocycles. The minimum Gasteiger partial charge on any atom is -0.435 e. The number of nitrogens with two attached hydrogens (primary N) is 1. The SMILES string of the molecule is Cc1nc(S[C@H](C)C(=O)c2cc(C)n(-c3ccc(OC(F)F)cc3)c2C)sc1CC(N)=O. The van der Waals surface area contributed by atoms with Crippen molar-refractivity contribution in [2.75, 3.05) is 0 Å². The molecule has 1 amide bonds. The van der Waals surface area contributed by atoms with Crippen molar-refractivity contribution in [3.8, 4) is 11.4 Å². The van der Waals surface area contributed by atoms with E-state index in [9.17, 15) is 18.4 Å². The summed E-state index contributed by atoms with van der Waals surface area (Å²) in [5.41, 5.74) is 8.95. The molecule has 2 N–H and O–H groups in total. The number of primary amides is 1. The number of alkyl halides is 2. The number of aryl methyl sites for hydroxylation is 2. The molecule has 2 aromatic heterocycles. The summed E-state index contributed by atoms with van der Waals surface area (Å²) >= 11 is 2.72. The number of Topliss-reactive ketones (excluding diaryl/α,β-unsaturated/α-hetero) is 1. The first-order valence-corrected chi connectivity index (χ1v) is 11.5. The topological polar surface area (TPSA) is 87.2 Å². The Morgan fingerprint density at radius 3 is 2.47 bits per heavy atom. The highest BCUT2D eigenvalue weighted by atomic mass is 32.2. The monoisotopic (exact) mass is 479 g/mol. The first kappa shape index (κ1) is 23.9. The lowest BCUT2D eigenvalue weighted by atomic mass is 10.1. The summed E-state index contributed by atoms with van der Waals surface area (Å²) in [6, 6.07) is 8.10. The van der Waals surface area contributed by atoms with Gasteiger partial charge in [-0.2, -0.15) is 8.78 Å². The fraction of sp³-hybridized carbons (Fsp3) is 0.318. The van der Waals surface area contributed by atoms with Crippen molar-refractivity contribution in [1.82, 2.24) is 9.55 Å². The molecule has 0 radical (unpaired) electrons. The number of halogens is 2. The third-order valence-electron chi connectivity index (χ3n) is 4.87. The molecule has 6 nitrogen and oxygen atoms in total. The quantitative estimate of drug-likeness (QED) is 0.350. The smallest absolute Gasteiger partial charge is 0.387 e. The zero-order valence-electron chi connectivity index (χ0n) is 18.0. The molecule has 0 aliphatic carbocycles. The molecule has 0 unspecified atom stereocenters. The molecule has 0 aliphatic rings. The van der Waals surface area contributed by atoms with Gasteiger partial charge in [0, 0.05) is 27.5 Å². The predicted molar refractivity (Wildman–Crippen MR) is 121 cm³/mol. The van der Waals surface area contributed by atoms with Crippen LogP contribution in [0.25, 0.3) is 5.69 Å². The van der Waals surface area contributed by atoms with Crippen molar-refractivity contribution in [3.05, 3.63) is 57.9 Å². The number of amides is 1. The molecule has 170 valence electrons. The lowest BCUT2D eigenvalue weighted by Gasteiger charge is -2.12. The van der Waals surface area contributed by atoms with Crippen LogP contribution in [0.4, 0.5) is 8.78 Å². The van der Waals surface area contributed by atoms with Crippen LogP contribution in [0.5, 0.6) is 5.75 Å². The summed E-state index contributed by atoms with van der Waals surface area (Å²) in [5, 5.41) is -0.391. The van der Waals surface area contributed by atoms with Gasteiger partial charge in [-0.05, 0) is 58.0 Å². The molecular weight excluding hydrogens is 456 g/mol. The van der Waals surface area contributed by atoms with Gasteiger partial charge in [0.1, 0.15) is 5.75 Å². The molecular formula is C22H23F2N3O3S2. The van der Waals surface area contributed by atoms with Crippen molar-refractivity contribution in [1.29, 1.82) is 0 Å². The number of nitrogens with zero attached hydrogens (tertiary/aromatic N) is 2. The number of benzene rings is 1. The normalized spacial score (nSPS) is 12.2. The van der Waals surface area contributed by atoms with Crippen LogP contribution >= 0.6 is 23.1 Å². The van der Waals surface area contributed by atoms with Gasteiger partial charge in [-0.25, -0.2) is 4.98 Å². The van der Waals surface area contributed by atoms with Gasteiger partial charge in [-0.3, -0.25) is 9.59 Å². The molecule has 0 spiro atoms. The third kappa shape index (κ3) is 5.36. The Balaban J connectivity index is 1.80. The predicted octanol–water partition coefficient (Wildman–Crippen LogP) is 4.85. The molecule has 0 saturated carbocycles. The first-order valence-electron chi connectivity index (χ1n) is 9.76. The third-order valence-corrected chi connectivity index (χ3v) is 7.22. The van der Waals surface area contributed by atoms with E-state index in [-0.39, 0.29) is 18.0 Å².